The molecule has 0 bridgehead atoms. The molecule has 5 nitrogen and oxygen atoms in total. The van der Waals surface area contributed by atoms with Gasteiger partial charge in [0, 0.05) is 10.0 Å². The summed E-state index contributed by atoms with van der Waals surface area (Å²) in [6.45, 7) is 0. The van der Waals surface area contributed by atoms with Gasteiger partial charge in [-0.1, -0.05) is 28.1 Å². The molecule has 2 aromatic heterocycles. The van der Waals surface area contributed by atoms with Gasteiger partial charge in [0.2, 0.25) is 5.95 Å². The summed E-state index contributed by atoms with van der Waals surface area (Å²) in [6.07, 6.45) is 1.58. The second-order valence-electron chi connectivity index (χ2n) is 3.54. The van der Waals surface area contributed by atoms with Crippen molar-refractivity contribution in [3.8, 4) is 11.3 Å². The molecule has 0 aliphatic rings. The number of fused-ring (bicyclic) bond motifs is 1. The minimum atomic E-state index is 0.225. The standard InChI is InChI=1S/C11H8BrN5/c12-7-3-1-6(2-4-7)8-9-10(15-5-14-9)17-11(13)16-8/h1-5H,(H3,13,14,15,16,17). The van der Waals surface area contributed by atoms with Crippen molar-refractivity contribution in [2.45, 2.75) is 0 Å². The first-order valence-electron chi connectivity index (χ1n) is 4.96. The minimum absolute atomic E-state index is 0.225. The molecule has 0 fully saturated rings. The van der Waals surface area contributed by atoms with Crippen molar-refractivity contribution in [2.24, 2.45) is 0 Å². The van der Waals surface area contributed by atoms with Gasteiger partial charge in [0.15, 0.2) is 5.65 Å². The van der Waals surface area contributed by atoms with Crippen LogP contribution in [0.3, 0.4) is 0 Å². The van der Waals surface area contributed by atoms with E-state index in [2.05, 4.69) is 35.9 Å². The highest BCUT2D eigenvalue weighted by molar-refractivity contribution is 9.10. The van der Waals surface area contributed by atoms with Gasteiger partial charge < -0.3 is 10.7 Å². The summed E-state index contributed by atoms with van der Waals surface area (Å²) in [5.41, 5.74) is 8.77. The number of aromatic nitrogens is 4. The van der Waals surface area contributed by atoms with E-state index in [4.69, 9.17) is 5.73 Å². The van der Waals surface area contributed by atoms with Gasteiger partial charge >= 0.3 is 0 Å². The molecule has 3 aromatic rings. The summed E-state index contributed by atoms with van der Waals surface area (Å²) in [4.78, 5) is 15.4. The van der Waals surface area contributed by atoms with Crippen LogP contribution in [0.2, 0.25) is 0 Å². The zero-order valence-electron chi connectivity index (χ0n) is 8.68. The summed E-state index contributed by atoms with van der Waals surface area (Å²) in [5, 5.41) is 0. The van der Waals surface area contributed by atoms with Crippen LogP contribution in [0.4, 0.5) is 5.95 Å². The second kappa shape index (κ2) is 3.81. The number of benzene rings is 1. The lowest BCUT2D eigenvalue weighted by atomic mass is 10.1. The number of imidazole rings is 1. The van der Waals surface area contributed by atoms with Gasteiger partial charge in [-0.2, -0.15) is 4.98 Å². The fourth-order valence-corrected chi connectivity index (χ4v) is 1.93. The van der Waals surface area contributed by atoms with Gasteiger partial charge in [-0.25, -0.2) is 9.97 Å². The summed E-state index contributed by atoms with van der Waals surface area (Å²) in [7, 11) is 0. The van der Waals surface area contributed by atoms with Gasteiger partial charge in [-0.05, 0) is 12.1 Å². The van der Waals surface area contributed by atoms with Crippen LogP contribution in [0, 0.1) is 0 Å². The Labute approximate surface area is 105 Å². The van der Waals surface area contributed by atoms with Crippen LogP contribution in [0.15, 0.2) is 35.1 Å². The number of anilines is 1. The molecular weight excluding hydrogens is 282 g/mol. The van der Waals surface area contributed by atoms with Crippen LogP contribution in [0.5, 0.6) is 0 Å². The number of H-pyrrole nitrogens is 1. The maximum absolute atomic E-state index is 5.67. The quantitative estimate of drug-likeness (QED) is 0.721. The molecule has 0 spiro atoms. The zero-order chi connectivity index (χ0) is 11.8. The third-order valence-corrected chi connectivity index (χ3v) is 2.95. The van der Waals surface area contributed by atoms with Gasteiger partial charge in [0.05, 0.1) is 6.33 Å². The lowest BCUT2D eigenvalue weighted by Gasteiger charge is -2.03. The van der Waals surface area contributed by atoms with Crippen LogP contribution in [0.25, 0.3) is 22.4 Å². The monoisotopic (exact) mass is 289 g/mol. The Hall–Kier alpha value is -1.95. The molecule has 0 saturated carbocycles. The lowest BCUT2D eigenvalue weighted by molar-refractivity contribution is 1.22. The fraction of sp³-hybridized carbons (Fsp3) is 0. The van der Waals surface area contributed by atoms with Crippen molar-refractivity contribution in [3.05, 3.63) is 35.1 Å². The molecule has 3 rings (SSSR count). The molecule has 0 amide bonds. The van der Waals surface area contributed by atoms with Crippen LogP contribution in [-0.2, 0) is 0 Å². The van der Waals surface area contributed by atoms with Crippen molar-refractivity contribution in [1.29, 1.82) is 0 Å². The minimum Gasteiger partial charge on any atom is -0.368 e. The van der Waals surface area contributed by atoms with E-state index in [1.807, 2.05) is 24.3 Å². The SMILES string of the molecule is Nc1nc(-c2ccc(Br)cc2)c2[nH]cnc2n1. The van der Waals surface area contributed by atoms with Crippen molar-refractivity contribution in [1.82, 2.24) is 19.9 Å². The molecule has 6 heteroatoms. The molecule has 2 heterocycles. The molecule has 0 radical (unpaired) electrons. The van der Waals surface area contributed by atoms with Crippen molar-refractivity contribution >= 4 is 33.0 Å². The molecule has 0 unspecified atom stereocenters. The molecule has 0 aliphatic carbocycles. The van der Waals surface area contributed by atoms with Gasteiger partial charge in [-0.15, -0.1) is 0 Å². The summed E-state index contributed by atoms with van der Waals surface area (Å²) >= 11 is 3.40. The van der Waals surface area contributed by atoms with E-state index >= 15 is 0 Å². The number of nitrogens with zero attached hydrogens (tertiary/aromatic N) is 3. The van der Waals surface area contributed by atoms with E-state index in [-0.39, 0.29) is 5.95 Å². The van der Waals surface area contributed by atoms with Crippen LogP contribution in [-0.4, -0.2) is 19.9 Å². The molecule has 0 saturated heterocycles. The van der Waals surface area contributed by atoms with E-state index in [0.29, 0.717) is 5.65 Å². The number of nitrogens with two attached hydrogens (primary N) is 1. The van der Waals surface area contributed by atoms with E-state index in [9.17, 15) is 0 Å². The molecule has 3 N–H and O–H groups in total. The lowest BCUT2D eigenvalue weighted by Crippen LogP contribution is -1.97. The van der Waals surface area contributed by atoms with Crippen LogP contribution in [0.1, 0.15) is 0 Å². The summed E-state index contributed by atoms with van der Waals surface area (Å²) in [6, 6.07) is 7.84. The van der Waals surface area contributed by atoms with Crippen molar-refractivity contribution in [3.63, 3.8) is 0 Å². The highest BCUT2D eigenvalue weighted by Crippen LogP contribution is 2.25. The largest absolute Gasteiger partial charge is 0.368 e. The highest BCUT2D eigenvalue weighted by atomic mass is 79.9. The van der Waals surface area contributed by atoms with Gasteiger partial charge in [0.1, 0.15) is 11.2 Å². The Balaban J connectivity index is 2.28. The molecular formula is C11H8BrN5. The maximum atomic E-state index is 5.67. The topological polar surface area (TPSA) is 80.5 Å². The Kier molecular flexibility index (Phi) is 2.29. The number of nitrogen functional groups attached to an aromatic ring is 1. The van der Waals surface area contributed by atoms with Gasteiger partial charge in [-0.3, -0.25) is 0 Å². The molecule has 0 aliphatic heterocycles. The average molecular weight is 290 g/mol. The molecule has 17 heavy (non-hydrogen) atoms. The average Bonchev–Trinajstić information content (AvgIpc) is 2.77. The van der Waals surface area contributed by atoms with Crippen molar-refractivity contribution < 1.29 is 0 Å². The number of hydrogen-bond donors (Lipinski definition) is 2. The third-order valence-electron chi connectivity index (χ3n) is 2.42. The predicted octanol–water partition coefficient (Wildman–Crippen LogP) is 2.36. The number of aromatic amines is 1. The second-order valence-corrected chi connectivity index (χ2v) is 4.45. The van der Waals surface area contributed by atoms with Crippen molar-refractivity contribution in [2.75, 3.05) is 5.73 Å². The fourth-order valence-electron chi connectivity index (χ4n) is 1.67. The summed E-state index contributed by atoms with van der Waals surface area (Å²) in [5.74, 6) is 0.225. The third kappa shape index (κ3) is 1.76. The number of hydrogen-bond acceptors (Lipinski definition) is 4. The van der Waals surface area contributed by atoms with E-state index < -0.39 is 0 Å². The molecule has 0 atom stereocenters. The Morgan fingerprint density at radius 3 is 2.65 bits per heavy atom. The number of halogens is 1. The molecule has 84 valence electrons. The van der Waals surface area contributed by atoms with E-state index in [1.165, 1.54) is 0 Å². The first-order valence-corrected chi connectivity index (χ1v) is 5.76. The first kappa shape index (κ1) is 10.2. The van der Waals surface area contributed by atoms with E-state index in [1.54, 1.807) is 6.33 Å². The first-order chi connectivity index (χ1) is 8.24. The number of rotatable bonds is 1. The Morgan fingerprint density at radius 2 is 1.88 bits per heavy atom. The van der Waals surface area contributed by atoms with Crippen LogP contribution < -0.4 is 5.73 Å². The Bertz CT molecular complexity index is 674. The van der Waals surface area contributed by atoms with Crippen LogP contribution >= 0.6 is 15.9 Å². The smallest absolute Gasteiger partial charge is 0.222 e. The number of nitrogens with one attached hydrogen (secondary N) is 1. The Morgan fingerprint density at radius 1 is 1.12 bits per heavy atom. The predicted molar refractivity (Wildman–Crippen MR) is 69.2 cm³/mol. The molecule has 1 aromatic carbocycles. The van der Waals surface area contributed by atoms with Gasteiger partial charge in [0.25, 0.3) is 0 Å². The van der Waals surface area contributed by atoms with E-state index in [0.717, 1.165) is 21.2 Å². The summed E-state index contributed by atoms with van der Waals surface area (Å²) < 4.78 is 1.02. The highest BCUT2D eigenvalue weighted by Gasteiger charge is 2.10. The zero-order valence-corrected chi connectivity index (χ0v) is 10.3. The maximum Gasteiger partial charge on any atom is 0.222 e. The normalized spacial score (nSPS) is 10.9.